The Labute approximate surface area is 197 Å². The van der Waals surface area contributed by atoms with Crippen molar-refractivity contribution in [3.8, 4) is 11.5 Å². The zero-order valence-electron chi connectivity index (χ0n) is 17.6. The van der Waals surface area contributed by atoms with E-state index in [0.29, 0.717) is 15.8 Å². The van der Waals surface area contributed by atoms with E-state index in [2.05, 4.69) is 15.1 Å². The number of pyridine rings is 1. The van der Waals surface area contributed by atoms with Gasteiger partial charge in [-0.05, 0) is 59.8 Å². The standard InChI is InChI=1S/C23H15N5O5S/c1-31-18-12-13(4-5-16(18)33-22(30)17-3-2-10-32-17)11-15-19(24)28-23(26-20(15)29)34-21(27-28)14-6-8-25-9-7-14/h2-12,24H,1H3. The van der Waals surface area contributed by atoms with Crippen LogP contribution >= 0.6 is 11.8 Å². The maximum Gasteiger partial charge on any atom is 0.379 e. The lowest BCUT2D eigenvalue weighted by atomic mass is 10.1. The summed E-state index contributed by atoms with van der Waals surface area (Å²) >= 11 is 1.21. The number of carbonyl (C=O) groups excluding carboxylic acids is 2. The first kappa shape index (κ1) is 21.3. The van der Waals surface area contributed by atoms with Crippen molar-refractivity contribution in [2.45, 2.75) is 0 Å². The van der Waals surface area contributed by atoms with Gasteiger partial charge in [-0.2, -0.15) is 15.1 Å². The van der Waals surface area contributed by atoms with Crippen molar-refractivity contribution in [2.24, 2.45) is 10.1 Å². The van der Waals surface area contributed by atoms with Gasteiger partial charge in [0.2, 0.25) is 10.9 Å². The van der Waals surface area contributed by atoms with Crippen LogP contribution in [0.15, 0.2) is 81.2 Å². The summed E-state index contributed by atoms with van der Waals surface area (Å²) in [6.07, 6.45) is 6.16. The molecule has 0 atom stereocenters. The summed E-state index contributed by atoms with van der Waals surface area (Å²) in [4.78, 5) is 32.9. The monoisotopic (exact) mass is 473 g/mol. The zero-order valence-corrected chi connectivity index (χ0v) is 18.4. The molecular weight excluding hydrogens is 458 g/mol. The fourth-order valence-corrected chi connectivity index (χ4v) is 4.07. The molecule has 0 spiro atoms. The summed E-state index contributed by atoms with van der Waals surface area (Å²) in [5.41, 5.74) is 1.42. The number of amides is 1. The summed E-state index contributed by atoms with van der Waals surface area (Å²) in [5, 5.41) is 15.2. The number of carbonyl (C=O) groups is 2. The molecule has 0 bridgehead atoms. The van der Waals surface area contributed by atoms with Gasteiger partial charge in [-0.15, -0.1) is 0 Å². The van der Waals surface area contributed by atoms with Crippen LogP contribution in [0.3, 0.4) is 0 Å². The summed E-state index contributed by atoms with van der Waals surface area (Å²) in [5.74, 6) is -0.823. The number of hydrazone groups is 1. The molecule has 1 aromatic carbocycles. The zero-order chi connectivity index (χ0) is 23.7. The molecule has 0 saturated heterocycles. The number of thioether (sulfide) groups is 1. The number of ether oxygens (including phenoxy) is 2. The largest absolute Gasteiger partial charge is 0.493 e. The molecule has 1 N–H and O–H groups in total. The number of rotatable bonds is 5. The van der Waals surface area contributed by atoms with Crippen LogP contribution in [0.4, 0.5) is 0 Å². The minimum absolute atomic E-state index is 0.0540. The van der Waals surface area contributed by atoms with Crippen LogP contribution in [-0.2, 0) is 4.79 Å². The lowest BCUT2D eigenvalue weighted by Gasteiger charge is -2.20. The average Bonchev–Trinajstić information content (AvgIpc) is 3.54. The van der Waals surface area contributed by atoms with Gasteiger partial charge in [0.15, 0.2) is 17.3 Å². The van der Waals surface area contributed by atoms with Crippen molar-refractivity contribution in [3.63, 3.8) is 0 Å². The van der Waals surface area contributed by atoms with Gasteiger partial charge in [-0.25, -0.2) is 4.79 Å². The molecule has 5 rings (SSSR count). The van der Waals surface area contributed by atoms with E-state index in [-0.39, 0.29) is 28.7 Å². The molecule has 0 unspecified atom stereocenters. The highest BCUT2D eigenvalue weighted by atomic mass is 32.2. The third-order valence-corrected chi connectivity index (χ3v) is 5.76. The SMILES string of the molecule is COc1cc(C=C2C(=N)N3N=C(c4ccncc4)SC3=NC2=O)ccc1OC(=O)c1ccco1. The summed E-state index contributed by atoms with van der Waals surface area (Å²) in [6, 6.07) is 11.4. The average molecular weight is 473 g/mol. The van der Waals surface area contributed by atoms with Crippen molar-refractivity contribution in [3.05, 3.63) is 83.6 Å². The molecule has 0 fully saturated rings. The second kappa shape index (κ2) is 8.79. The van der Waals surface area contributed by atoms with E-state index >= 15 is 0 Å². The highest BCUT2D eigenvalue weighted by molar-refractivity contribution is 8.27. The molecular formula is C23H15N5O5S. The maximum atomic E-state index is 12.7. The fraction of sp³-hybridized carbons (Fsp3) is 0.0435. The fourth-order valence-electron chi connectivity index (χ4n) is 3.17. The maximum absolute atomic E-state index is 12.7. The molecule has 2 aromatic heterocycles. The van der Waals surface area contributed by atoms with Gasteiger partial charge < -0.3 is 13.9 Å². The molecule has 1 amide bonds. The van der Waals surface area contributed by atoms with Crippen molar-refractivity contribution in [1.82, 2.24) is 9.99 Å². The molecule has 11 heteroatoms. The smallest absolute Gasteiger partial charge is 0.379 e. The molecule has 3 aromatic rings. The summed E-state index contributed by atoms with van der Waals surface area (Å²) in [6.45, 7) is 0. The number of amidine groups is 2. The highest BCUT2D eigenvalue weighted by Gasteiger charge is 2.36. The van der Waals surface area contributed by atoms with E-state index < -0.39 is 11.9 Å². The van der Waals surface area contributed by atoms with Gasteiger partial charge in [-0.3, -0.25) is 15.2 Å². The predicted octanol–water partition coefficient (Wildman–Crippen LogP) is 3.57. The Hall–Kier alpha value is -4.51. The van der Waals surface area contributed by atoms with Gasteiger partial charge >= 0.3 is 5.97 Å². The van der Waals surface area contributed by atoms with E-state index in [0.717, 1.165) is 5.56 Å². The van der Waals surface area contributed by atoms with E-state index in [9.17, 15) is 9.59 Å². The van der Waals surface area contributed by atoms with Crippen LogP contribution in [0, 0.1) is 5.41 Å². The molecule has 10 nitrogen and oxygen atoms in total. The quantitative estimate of drug-likeness (QED) is 0.338. The number of esters is 1. The molecule has 0 aliphatic carbocycles. The number of methoxy groups -OCH3 is 1. The topological polar surface area (TPSA) is 130 Å². The molecule has 4 heterocycles. The number of hydrogen-bond donors (Lipinski definition) is 1. The number of fused-ring (bicyclic) bond motifs is 1. The number of furan rings is 1. The van der Waals surface area contributed by atoms with Crippen LogP contribution in [0.2, 0.25) is 0 Å². The van der Waals surface area contributed by atoms with E-state index in [1.165, 1.54) is 48.4 Å². The number of nitrogens with zero attached hydrogens (tertiary/aromatic N) is 4. The Kier molecular flexibility index (Phi) is 5.52. The lowest BCUT2D eigenvalue weighted by Crippen LogP contribution is -2.35. The number of aromatic nitrogens is 1. The minimum atomic E-state index is -0.671. The van der Waals surface area contributed by atoms with E-state index in [4.69, 9.17) is 19.3 Å². The van der Waals surface area contributed by atoms with Gasteiger partial charge in [0.25, 0.3) is 5.91 Å². The van der Waals surface area contributed by atoms with Crippen LogP contribution in [0.1, 0.15) is 21.7 Å². The molecule has 0 radical (unpaired) electrons. The first-order valence-electron chi connectivity index (χ1n) is 9.88. The van der Waals surface area contributed by atoms with Crippen LogP contribution in [0.25, 0.3) is 6.08 Å². The van der Waals surface area contributed by atoms with Crippen molar-refractivity contribution < 1.29 is 23.5 Å². The van der Waals surface area contributed by atoms with Crippen molar-refractivity contribution >= 4 is 45.8 Å². The second-order valence-corrected chi connectivity index (χ2v) is 7.89. The number of nitrogens with one attached hydrogen (secondary N) is 1. The van der Waals surface area contributed by atoms with Gasteiger partial charge in [0, 0.05) is 18.0 Å². The van der Waals surface area contributed by atoms with E-state index in [1.54, 1.807) is 42.7 Å². The third kappa shape index (κ3) is 3.99. The van der Waals surface area contributed by atoms with Crippen LogP contribution in [0.5, 0.6) is 11.5 Å². The Bertz CT molecular complexity index is 1400. The molecule has 2 aliphatic heterocycles. The molecule has 0 saturated carbocycles. The Morgan fingerprint density at radius 2 is 2.00 bits per heavy atom. The number of aliphatic imine (C=N–C) groups is 1. The molecule has 2 aliphatic rings. The second-order valence-electron chi connectivity index (χ2n) is 6.94. The first-order chi connectivity index (χ1) is 16.5. The minimum Gasteiger partial charge on any atom is -0.493 e. The summed E-state index contributed by atoms with van der Waals surface area (Å²) in [7, 11) is 1.43. The Morgan fingerprint density at radius 1 is 1.18 bits per heavy atom. The Morgan fingerprint density at radius 3 is 2.74 bits per heavy atom. The lowest BCUT2D eigenvalue weighted by molar-refractivity contribution is -0.114. The summed E-state index contributed by atoms with van der Waals surface area (Å²) < 4.78 is 15.7. The molecule has 168 valence electrons. The normalized spacial score (nSPS) is 16.3. The van der Waals surface area contributed by atoms with E-state index in [1.807, 2.05) is 0 Å². The van der Waals surface area contributed by atoms with Gasteiger partial charge in [0.1, 0.15) is 5.04 Å². The van der Waals surface area contributed by atoms with Crippen LogP contribution < -0.4 is 9.47 Å². The predicted molar refractivity (Wildman–Crippen MR) is 125 cm³/mol. The first-order valence-corrected chi connectivity index (χ1v) is 10.7. The number of benzene rings is 1. The van der Waals surface area contributed by atoms with Crippen molar-refractivity contribution in [1.29, 1.82) is 5.41 Å². The van der Waals surface area contributed by atoms with Gasteiger partial charge in [0.05, 0.1) is 18.9 Å². The Balaban J connectivity index is 1.41. The van der Waals surface area contributed by atoms with Crippen LogP contribution in [-0.4, -0.2) is 45.0 Å². The number of hydrogen-bond acceptors (Lipinski definition) is 9. The van der Waals surface area contributed by atoms with Gasteiger partial charge in [-0.1, -0.05) is 6.07 Å². The molecule has 34 heavy (non-hydrogen) atoms. The van der Waals surface area contributed by atoms with Crippen molar-refractivity contribution in [2.75, 3.05) is 7.11 Å². The highest BCUT2D eigenvalue weighted by Crippen LogP contribution is 2.33. The third-order valence-electron chi connectivity index (χ3n) is 4.81.